The number of hydrogen-bond acceptors (Lipinski definition) is 3. The standard InChI is InChI=1S/C21H43N5.HI/c1-16(2)26-14-19(5)20(15-26)24-21(22-6)23-9-7-8-10-25-12-17(3)11-18(4)13-25;/h16-20H,7-15H2,1-6H3,(H2,22,23,24);1H. The van der Waals surface area contributed by atoms with Crippen LogP contribution < -0.4 is 10.6 Å². The summed E-state index contributed by atoms with van der Waals surface area (Å²) < 4.78 is 0. The smallest absolute Gasteiger partial charge is 0.191 e. The SMILES string of the molecule is CN=C(NCCCCN1CC(C)CC(C)C1)NC1CN(C(C)C)CC1C.I. The lowest BCUT2D eigenvalue weighted by Gasteiger charge is -2.35. The molecule has 6 heteroatoms. The minimum atomic E-state index is 0. The van der Waals surface area contributed by atoms with Crippen molar-refractivity contribution in [3.05, 3.63) is 0 Å². The van der Waals surface area contributed by atoms with E-state index < -0.39 is 0 Å². The molecule has 0 bridgehead atoms. The monoisotopic (exact) mass is 493 g/mol. The normalized spacial score (nSPS) is 30.4. The van der Waals surface area contributed by atoms with Crippen molar-refractivity contribution >= 4 is 29.9 Å². The highest BCUT2D eigenvalue weighted by atomic mass is 127. The van der Waals surface area contributed by atoms with Crippen molar-refractivity contribution in [1.82, 2.24) is 20.4 Å². The van der Waals surface area contributed by atoms with Gasteiger partial charge in [0.25, 0.3) is 0 Å². The number of aliphatic imine (C=N–C) groups is 1. The van der Waals surface area contributed by atoms with E-state index in [9.17, 15) is 0 Å². The van der Waals surface area contributed by atoms with Gasteiger partial charge in [-0.1, -0.05) is 20.8 Å². The molecule has 2 saturated heterocycles. The van der Waals surface area contributed by atoms with Gasteiger partial charge in [0.15, 0.2) is 5.96 Å². The molecule has 0 aromatic heterocycles. The van der Waals surface area contributed by atoms with E-state index in [1.54, 1.807) is 0 Å². The maximum absolute atomic E-state index is 4.43. The zero-order valence-corrected chi connectivity index (χ0v) is 20.8. The summed E-state index contributed by atoms with van der Waals surface area (Å²) in [5.41, 5.74) is 0. The zero-order chi connectivity index (χ0) is 19.1. The molecule has 2 aliphatic heterocycles. The summed E-state index contributed by atoms with van der Waals surface area (Å²) in [5.74, 6) is 3.35. The average molecular weight is 494 g/mol. The fourth-order valence-electron chi connectivity index (χ4n) is 4.63. The van der Waals surface area contributed by atoms with Crippen molar-refractivity contribution in [2.75, 3.05) is 46.3 Å². The summed E-state index contributed by atoms with van der Waals surface area (Å²) in [6, 6.07) is 1.12. The lowest BCUT2D eigenvalue weighted by Crippen LogP contribution is -2.47. The maximum Gasteiger partial charge on any atom is 0.191 e. The molecule has 4 atom stereocenters. The molecular weight excluding hydrogens is 449 g/mol. The van der Waals surface area contributed by atoms with Crippen LogP contribution in [0.4, 0.5) is 0 Å². The Morgan fingerprint density at radius 1 is 1.04 bits per heavy atom. The Morgan fingerprint density at radius 3 is 2.26 bits per heavy atom. The summed E-state index contributed by atoms with van der Waals surface area (Å²) >= 11 is 0. The van der Waals surface area contributed by atoms with Crippen LogP contribution >= 0.6 is 24.0 Å². The molecule has 0 aromatic rings. The molecule has 0 aliphatic carbocycles. The largest absolute Gasteiger partial charge is 0.356 e. The number of guanidine groups is 1. The van der Waals surface area contributed by atoms with Crippen LogP contribution in [-0.4, -0.2) is 74.2 Å². The predicted octanol–water partition coefficient (Wildman–Crippen LogP) is 3.26. The minimum absolute atomic E-state index is 0. The molecule has 2 aliphatic rings. The average Bonchev–Trinajstić information content (AvgIpc) is 2.93. The number of unbranched alkanes of at least 4 members (excludes halogenated alkanes) is 1. The first-order valence-corrected chi connectivity index (χ1v) is 10.8. The first-order valence-electron chi connectivity index (χ1n) is 10.8. The first kappa shape index (κ1) is 25.0. The number of piperidine rings is 1. The number of rotatable bonds is 7. The molecule has 2 rings (SSSR count). The van der Waals surface area contributed by atoms with Gasteiger partial charge in [0, 0.05) is 51.9 Å². The Bertz CT molecular complexity index is 432. The summed E-state index contributed by atoms with van der Waals surface area (Å²) in [6.07, 6.45) is 3.87. The molecule has 0 radical (unpaired) electrons. The Hall–Kier alpha value is -0.0800. The molecule has 2 N–H and O–H groups in total. The molecule has 0 spiro atoms. The second-order valence-corrected chi connectivity index (χ2v) is 9.19. The van der Waals surface area contributed by atoms with E-state index in [0.717, 1.165) is 30.9 Å². The second kappa shape index (κ2) is 12.5. The van der Waals surface area contributed by atoms with Gasteiger partial charge in [-0.25, -0.2) is 0 Å². The molecule has 4 unspecified atom stereocenters. The highest BCUT2D eigenvalue weighted by Crippen LogP contribution is 2.21. The summed E-state index contributed by atoms with van der Waals surface area (Å²) in [7, 11) is 1.88. The molecule has 0 amide bonds. The van der Waals surface area contributed by atoms with Crippen LogP contribution in [0.25, 0.3) is 0 Å². The zero-order valence-electron chi connectivity index (χ0n) is 18.5. The van der Waals surface area contributed by atoms with Crippen molar-refractivity contribution in [3.63, 3.8) is 0 Å². The molecule has 160 valence electrons. The van der Waals surface area contributed by atoms with E-state index in [2.05, 4.69) is 60.0 Å². The minimum Gasteiger partial charge on any atom is -0.356 e. The van der Waals surface area contributed by atoms with Gasteiger partial charge in [-0.15, -0.1) is 24.0 Å². The first-order chi connectivity index (χ1) is 12.4. The van der Waals surface area contributed by atoms with Crippen LogP contribution in [0.1, 0.15) is 53.9 Å². The highest BCUT2D eigenvalue weighted by molar-refractivity contribution is 14.0. The molecule has 5 nitrogen and oxygen atoms in total. The fraction of sp³-hybridized carbons (Fsp3) is 0.952. The van der Waals surface area contributed by atoms with Gasteiger partial charge in [0.2, 0.25) is 0 Å². The van der Waals surface area contributed by atoms with Crippen molar-refractivity contribution < 1.29 is 0 Å². The van der Waals surface area contributed by atoms with E-state index in [-0.39, 0.29) is 24.0 Å². The van der Waals surface area contributed by atoms with Crippen LogP contribution in [0.3, 0.4) is 0 Å². The molecule has 2 heterocycles. The van der Waals surface area contributed by atoms with Gasteiger partial charge in [0.05, 0.1) is 0 Å². The van der Waals surface area contributed by atoms with Gasteiger partial charge in [-0.3, -0.25) is 9.89 Å². The molecular formula is C21H44IN5. The van der Waals surface area contributed by atoms with E-state index in [1.807, 2.05) is 7.05 Å². The molecule has 0 saturated carbocycles. The number of nitrogens with one attached hydrogen (secondary N) is 2. The van der Waals surface area contributed by atoms with Crippen LogP contribution in [0.2, 0.25) is 0 Å². The second-order valence-electron chi connectivity index (χ2n) is 9.19. The van der Waals surface area contributed by atoms with E-state index in [4.69, 9.17) is 0 Å². The van der Waals surface area contributed by atoms with Crippen molar-refractivity contribution in [2.45, 2.75) is 66.0 Å². The Balaban J connectivity index is 0.00000364. The Kier molecular flexibility index (Phi) is 11.5. The highest BCUT2D eigenvalue weighted by Gasteiger charge is 2.31. The van der Waals surface area contributed by atoms with E-state index in [1.165, 1.54) is 45.4 Å². The van der Waals surface area contributed by atoms with E-state index >= 15 is 0 Å². The third-order valence-corrected chi connectivity index (χ3v) is 6.05. The number of nitrogens with zero attached hydrogens (tertiary/aromatic N) is 3. The van der Waals surface area contributed by atoms with Crippen LogP contribution in [0.5, 0.6) is 0 Å². The number of likely N-dealkylation sites (tertiary alicyclic amines) is 2. The summed E-state index contributed by atoms with van der Waals surface area (Å²) in [4.78, 5) is 9.64. The topological polar surface area (TPSA) is 42.9 Å². The Morgan fingerprint density at radius 2 is 1.70 bits per heavy atom. The molecule has 0 aromatic carbocycles. The van der Waals surface area contributed by atoms with Crippen LogP contribution in [0.15, 0.2) is 4.99 Å². The van der Waals surface area contributed by atoms with Gasteiger partial charge >= 0.3 is 0 Å². The quantitative estimate of drug-likeness (QED) is 0.247. The fourth-order valence-corrected chi connectivity index (χ4v) is 4.63. The Labute approximate surface area is 185 Å². The lowest BCUT2D eigenvalue weighted by atomic mass is 9.92. The van der Waals surface area contributed by atoms with Gasteiger partial charge < -0.3 is 15.5 Å². The number of halogens is 1. The maximum atomic E-state index is 4.43. The van der Waals surface area contributed by atoms with Gasteiger partial charge in [-0.2, -0.15) is 0 Å². The third kappa shape index (κ3) is 8.44. The molecule has 27 heavy (non-hydrogen) atoms. The third-order valence-electron chi connectivity index (χ3n) is 6.05. The summed E-state index contributed by atoms with van der Waals surface area (Å²) in [6.45, 7) is 18.8. The predicted molar refractivity (Wildman–Crippen MR) is 128 cm³/mol. The summed E-state index contributed by atoms with van der Waals surface area (Å²) in [5, 5.41) is 7.16. The van der Waals surface area contributed by atoms with Crippen molar-refractivity contribution in [1.29, 1.82) is 0 Å². The lowest BCUT2D eigenvalue weighted by molar-refractivity contribution is 0.139. The van der Waals surface area contributed by atoms with Gasteiger partial charge in [-0.05, 0) is 57.4 Å². The number of hydrogen-bond donors (Lipinski definition) is 2. The van der Waals surface area contributed by atoms with Crippen LogP contribution in [-0.2, 0) is 0 Å². The van der Waals surface area contributed by atoms with Crippen LogP contribution in [0, 0.1) is 17.8 Å². The van der Waals surface area contributed by atoms with Gasteiger partial charge in [0.1, 0.15) is 0 Å². The molecule has 2 fully saturated rings. The van der Waals surface area contributed by atoms with Crippen molar-refractivity contribution in [3.8, 4) is 0 Å². The van der Waals surface area contributed by atoms with E-state index in [0.29, 0.717) is 18.0 Å². The van der Waals surface area contributed by atoms with Crippen molar-refractivity contribution in [2.24, 2.45) is 22.7 Å².